The summed E-state index contributed by atoms with van der Waals surface area (Å²) in [5.41, 5.74) is 8.32. The minimum absolute atomic E-state index is 0.178. The number of anilines is 1. The summed E-state index contributed by atoms with van der Waals surface area (Å²) >= 11 is 0. The molecule has 0 fully saturated rings. The van der Waals surface area contributed by atoms with E-state index in [2.05, 4.69) is 4.98 Å². The molecule has 2 aromatic rings. The molecule has 0 aliphatic rings. The Kier molecular flexibility index (Phi) is 3.16. The Morgan fingerprint density at radius 3 is 2.67 bits per heavy atom. The van der Waals surface area contributed by atoms with Gasteiger partial charge in [-0.1, -0.05) is 17.7 Å². The van der Waals surface area contributed by atoms with Gasteiger partial charge in [0.1, 0.15) is 11.8 Å². The van der Waals surface area contributed by atoms with Gasteiger partial charge in [-0.3, -0.25) is 0 Å². The van der Waals surface area contributed by atoms with Crippen molar-refractivity contribution in [3.8, 4) is 17.7 Å². The molecule has 2 N–H and O–H groups in total. The molecular weight excluding hydrogens is 226 g/mol. The van der Waals surface area contributed by atoms with Crippen molar-refractivity contribution >= 4 is 5.69 Å². The Balaban J connectivity index is 2.32. The number of aromatic nitrogens is 1. The number of hydrogen-bond acceptors (Lipinski definition) is 4. The highest BCUT2D eigenvalue weighted by Crippen LogP contribution is 2.25. The molecule has 0 aliphatic carbocycles. The molecule has 90 valence electrons. The number of rotatable bonds is 2. The molecule has 0 bridgehead atoms. The topological polar surface area (TPSA) is 71.9 Å². The summed E-state index contributed by atoms with van der Waals surface area (Å²) in [6.45, 7) is 3.98. The zero-order valence-corrected chi connectivity index (χ0v) is 10.3. The van der Waals surface area contributed by atoms with E-state index in [0.29, 0.717) is 11.6 Å². The van der Waals surface area contributed by atoms with Crippen LogP contribution in [0.1, 0.15) is 16.8 Å². The van der Waals surface area contributed by atoms with Crippen LogP contribution in [0.25, 0.3) is 0 Å². The Labute approximate surface area is 106 Å². The van der Waals surface area contributed by atoms with E-state index in [0.717, 1.165) is 11.3 Å². The molecule has 0 saturated carbocycles. The lowest BCUT2D eigenvalue weighted by Crippen LogP contribution is -1.97. The normalized spacial score (nSPS) is 9.83. The van der Waals surface area contributed by atoms with Gasteiger partial charge in [0.15, 0.2) is 5.69 Å². The average Bonchev–Trinajstić information content (AvgIpc) is 2.35. The van der Waals surface area contributed by atoms with Crippen LogP contribution in [0.15, 0.2) is 30.3 Å². The summed E-state index contributed by atoms with van der Waals surface area (Å²) in [5, 5.41) is 8.85. The third kappa shape index (κ3) is 2.41. The van der Waals surface area contributed by atoms with E-state index in [1.165, 1.54) is 5.56 Å². The van der Waals surface area contributed by atoms with Gasteiger partial charge in [0.25, 0.3) is 0 Å². The van der Waals surface area contributed by atoms with Gasteiger partial charge in [-0.15, -0.1) is 0 Å². The molecule has 0 aliphatic heterocycles. The van der Waals surface area contributed by atoms with E-state index in [9.17, 15) is 0 Å². The SMILES string of the molecule is Cc1ccc(Oc2ccc(N)c(C#N)n2)c(C)c1. The fourth-order valence-electron chi connectivity index (χ4n) is 1.62. The maximum absolute atomic E-state index is 8.85. The summed E-state index contributed by atoms with van der Waals surface area (Å²) in [5.74, 6) is 1.09. The van der Waals surface area contributed by atoms with E-state index in [1.54, 1.807) is 12.1 Å². The molecule has 4 heteroatoms. The Hall–Kier alpha value is -2.54. The number of nitrogens with zero attached hydrogens (tertiary/aromatic N) is 2. The van der Waals surface area contributed by atoms with Crippen molar-refractivity contribution in [2.45, 2.75) is 13.8 Å². The molecule has 1 aromatic heterocycles. The lowest BCUT2D eigenvalue weighted by Gasteiger charge is -2.09. The first-order valence-corrected chi connectivity index (χ1v) is 5.52. The summed E-state index contributed by atoms with van der Waals surface area (Å²) < 4.78 is 5.64. The van der Waals surface area contributed by atoms with Crippen LogP contribution in [0, 0.1) is 25.2 Å². The van der Waals surface area contributed by atoms with Crippen molar-refractivity contribution in [3.63, 3.8) is 0 Å². The molecule has 0 radical (unpaired) electrons. The van der Waals surface area contributed by atoms with Crippen molar-refractivity contribution in [1.29, 1.82) is 5.26 Å². The van der Waals surface area contributed by atoms with Crippen LogP contribution in [0.2, 0.25) is 0 Å². The summed E-state index contributed by atoms with van der Waals surface area (Å²) in [6, 6.07) is 11.1. The minimum Gasteiger partial charge on any atom is -0.439 e. The van der Waals surface area contributed by atoms with Crippen molar-refractivity contribution in [2.75, 3.05) is 5.73 Å². The van der Waals surface area contributed by atoms with E-state index in [-0.39, 0.29) is 5.69 Å². The van der Waals surface area contributed by atoms with Crippen molar-refractivity contribution in [2.24, 2.45) is 0 Å². The Bertz CT molecular complexity index is 629. The number of ether oxygens (including phenoxy) is 1. The van der Waals surface area contributed by atoms with Gasteiger partial charge in [-0.2, -0.15) is 5.26 Å². The number of benzene rings is 1. The molecule has 1 heterocycles. The van der Waals surface area contributed by atoms with Crippen LogP contribution in [0.4, 0.5) is 5.69 Å². The molecule has 4 nitrogen and oxygen atoms in total. The van der Waals surface area contributed by atoms with Crippen LogP contribution in [0.3, 0.4) is 0 Å². The lowest BCUT2D eigenvalue weighted by molar-refractivity contribution is 0.459. The number of nitrogen functional groups attached to an aromatic ring is 1. The van der Waals surface area contributed by atoms with Gasteiger partial charge in [-0.05, 0) is 31.5 Å². The third-order valence-corrected chi connectivity index (χ3v) is 2.55. The van der Waals surface area contributed by atoms with E-state index >= 15 is 0 Å². The Morgan fingerprint density at radius 1 is 1.22 bits per heavy atom. The first-order valence-electron chi connectivity index (χ1n) is 5.52. The molecule has 0 atom stereocenters. The second-order valence-electron chi connectivity index (χ2n) is 4.07. The zero-order chi connectivity index (χ0) is 13.1. The van der Waals surface area contributed by atoms with Crippen molar-refractivity contribution < 1.29 is 4.74 Å². The Morgan fingerprint density at radius 2 is 2.00 bits per heavy atom. The molecular formula is C14H13N3O. The van der Waals surface area contributed by atoms with Crippen LogP contribution in [0.5, 0.6) is 11.6 Å². The predicted octanol–water partition coefficient (Wildman–Crippen LogP) is 2.94. The number of hydrogen-bond donors (Lipinski definition) is 1. The number of nitrogens with two attached hydrogens (primary N) is 1. The van der Waals surface area contributed by atoms with Crippen LogP contribution < -0.4 is 10.5 Å². The molecule has 0 unspecified atom stereocenters. The largest absolute Gasteiger partial charge is 0.439 e. The molecule has 0 spiro atoms. The second-order valence-corrected chi connectivity index (χ2v) is 4.07. The number of aryl methyl sites for hydroxylation is 2. The molecule has 18 heavy (non-hydrogen) atoms. The van der Waals surface area contributed by atoms with E-state index < -0.39 is 0 Å². The van der Waals surface area contributed by atoms with Gasteiger partial charge in [0.2, 0.25) is 5.88 Å². The summed E-state index contributed by atoms with van der Waals surface area (Å²) in [7, 11) is 0. The zero-order valence-electron chi connectivity index (χ0n) is 10.3. The van der Waals surface area contributed by atoms with Gasteiger partial charge >= 0.3 is 0 Å². The van der Waals surface area contributed by atoms with E-state index in [1.807, 2.05) is 38.1 Å². The number of nitriles is 1. The standard InChI is InChI=1S/C14H13N3O/c1-9-3-5-13(10(2)7-9)18-14-6-4-11(16)12(8-15)17-14/h3-7H,16H2,1-2H3. The lowest BCUT2D eigenvalue weighted by atomic mass is 10.1. The monoisotopic (exact) mass is 239 g/mol. The maximum Gasteiger partial charge on any atom is 0.220 e. The second kappa shape index (κ2) is 4.76. The molecule has 1 aromatic carbocycles. The average molecular weight is 239 g/mol. The van der Waals surface area contributed by atoms with Crippen LogP contribution in [-0.2, 0) is 0 Å². The highest BCUT2D eigenvalue weighted by molar-refractivity contribution is 5.51. The first-order chi connectivity index (χ1) is 8.60. The minimum atomic E-state index is 0.178. The van der Waals surface area contributed by atoms with Gasteiger partial charge < -0.3 is 10.5 Å². The van der Waals surface area contributed by atoms with Crippen molar-refractivity contribution in [1.82, 2.24) is 4.98 Å². The number of pyridine rings is 1. The highest BCUT2D eigenvalue weighted by Gasteiger charge is 2.06. The van der Waals surface area contributed by atoms with Crippen molar-refractivity contribution in [3.05, 3.63) is 47.2 Å². The molecule has 2 rings (SSSR count). The third-order valence-electron chi connectivity index (χ3n) is 2.55. The smallest absolute Gasteiger partial charge is 0.220 e. The van der Waals surface area contributed by atoms with Crippen LogP contribution in [-0.4, -0.2) is 4.98 Å². The summed E-state index contributed by atoms with van der Waals surface area (Å²) in [4.78, 5) is 4.04. The first kappa shape index (κ1) is 11.9. The molecule has 0 amide bonds. The molecule has 0 saturated heterocycles. The van der Waals surface area contributed by atoms with Gasteiger partial charge in [0.05, 0.1) is 5.69 Å². The predicted molar refractivity (Wildman–Crippen MR) is 69.4 cm³/mol. The van der Waals surface area contributed by atoms with Gasteiger partial charge in [0, 0.05) is 6.07 Å². The van der Waals surface area contributed by atoms with Gasteiger partial charge in [-0.25, -0.2) is 4.98 Å². The highest BCUT2D eigenvalue weighted by atomic mass is 16.5. The fraction of sp³-hybridized carbons (Fsp3) is 0.143. The summed E-state index contributed by atoms with van der Waals surface area (Å²) in [6.07, 6.45) is 0. The van der Waals surface area contributed by atoms with Crippen LogP contribution >= 0.6 is 0 Å². The quantitative estimate of drug-likeness (QED) is 0.874. The van der Waals surface area contributed by atoms with E-state index in [4.69, 9.17) is 15.7 Å². The maximum atomic E-state index is 8.85. The fourth-order valence-corrected chi connectivity index (χ4v) is 1.62.